The van der Waals surface area contributed by atoms with Crippen LogP contribution in [0.3, 0.4) is 0 Å². The van der Waals surface area contributed by atoms with Gasteiger partial charge in [0.25, 0.3) is 0 Å². The Balaban J connectivity index is 1.64. The highest BCUT2D eigenvalue weighted by Gasteiger charge is 2.36. The molecule has 1 saturated carbocycles. The summed E-state index contributed by atoms with van der Waals surface area (Å²) in [6.45, 7) is 4.62. The molecule has 2 aromatic rings. The average molecular weight is 286 g/mol. The zero-order valence-corrected chi connectivity index (χ0v) is 12.8. The second-order valence-electron chi connectivity index (χ2n) is 6.21. The number of nitrogens with one attached hydrogen (secondary N) is 1. The van der Waals surface area contributed by atoms with Gasteiger partial charge in [-0.25, -0.2) is 0 Å². The van der Waals surface area contributed by atoms with Gasteiger partial charge < -0.3 is 10.2 Å². The minimum absolute atomic E-state index is 0.640. The second-order valence-corrected chi connectivity index (χ2v) is 7.16. The van der Waals surface area contributed by atoms with Gasteiger partial charge in [0.15, 0.2) is 0 Å². The third kappa shape index (κ3) is 2.23. The molecule has 2 nitrogen and oxygen atoms in total. The van der Waals surface area contributed by atoms with Gasteiger partial charge in [-0.1, -0.05) is 6.92 Å². The molecule has 4 rings (SSSR count). The maximum Gasteiger partial charge on any atom is 0.0412 e. The molecule has 2 unspecified atom stereocenters. The lowest BCUT2D eigenvalue weighted by Crippen LogP contribution is -2.57. The van der Waals surface area contributed by atoms with Gasteiger partial charge in [0.1, 0.15) is 0 Å². The van der Waals surface area contributed by atoms with Crippen LogP contribution in [0, 0.1) is 5.92 Å². The van der Waals surface area contributed by atoms with Crippen molar-refractivity contribution < 1.29 is 0 Å². The van der Waals surface area contributed by atoms with Crippen molar-refractivity contribution in [2.24, 2.45) is 5.92 Å². The van der Waals surface area contributed by atoms with Crippen LogP contribution >= 0.6 is 11.3 Å². The first kappa shape index (κ1) is 12.7. The quantitative estimate of drug-likeness (QED) is 0.921. The fourth-order valence-electron chi connectivity index (χ4n) is 3.45. The Morgan fingerprint density at radius 3 is 3.00 bits per heavy atom. The average Bonchev–Trinajstić information content (AvgIpc) is 3.24. The standard InChI is InChI=1S/C17H22N2S/c1-2-14-10-18-16(12-3-4-12)11-19(14)15-5-6-17-13(9-15)7-8-20-17/h5-9,12,14,16,18H,2-4,10-11H2,1H3. The van der Waals surface area contributed by atoms with E-state index >= 15 is 0 Å². The van der Waals surface area contributed by atoms with Crippen molar-refractivity contribution in [3.8, 4) is 0 Å². The zero-order valence-electron chi connectivity index (χ0n) is 12.0. The van der Waals surface area contributed by atoms with Crippen molar-refractivity contribution >= 4 is 27.1 Å². The lowest BCUT2D eigenvalue weighted by Gasteiger charge is -2.42. The van der Waals surface area contributed by atoms with Gasteiger partial charge in [-0.05, 0) is 60.2 Å². The van der Waals surface area contributed by atoms with E-state index in [4.69, 9.17) is 0 Å². The van der Waals surface area contributed by atoms with Crippen LogP contribution in [0.15, 0.2) is 29.6 Å². The van der Waals surface area contributed by atoms with E-state index in [9.17, 15) is 0 Å². The maximum absolute atomic E-state index is 3.77. The summed E-state index contributed by atoms with van der Waals surface area (Å²) in [6.07, 6.45) is 4.06. The van der Waals surface area contributed by atoms with Crippen LogP contribution in [0.25, 0.3) is 10.1 Å². The third-order valence-electron chi connectivity index (χ3n) is 4.88. The van der Waals surface area contributed by atoms with Gasteiger partial charge in [0.2, 0.25) is 0 Å². The summed E-state index contributed by atoms with van der Waals surface area (Å²) in [7, 11) is 0. The Bertz CT molecular complexity index is 602. The molecule has 2 heterocycles. The number of benzene rings is 1. The van der Waals surface area contributed by atoms with Crippen LogP contribution in [-0.2, 0) is 0 Å². The van der Waals surface area contributed by atoms with Crippen molar-refractivity contribution in [3.05, 3.63) is 29.6 Å². The van der Waals surface area contributed by atoms with E-state index in [1.54, 1.807) is 0 Å². The second kappa shape index (κ2) is 5.05. The molecule has 3 heteroatoms. The number of rotatable bonds is 3. The summed E-state index contributed by atoms with van der Waals surface area (Å²) >= 11 is 1.83. The number of piperazine rings is 1. The maximum atomic E-state index is 3.77. The summed E-state index contributed by atoms with van der Waals surface area (Å²) in [4.78, 5) is 2.65. The molecule has 1 aromatic heterocycles. The van der Waals surface area contributed by atoms with Crippen molar-refractivity contribution in [1.82, 2.24) is 5.32 Å². The van der Waals surface area contributed by atoms with E-state index < -0.39 is 0 Å². The van der Waals surface area contributed by atoms with Gasteiger partial charge in [0.05, 0.1) is 0 Å². The molecule has 0 amide bonds. The van der Waals surface area contributed by atoms with Crippen LogP contribution in [0.4, 0.5) is 5.69 Å². The molecule has 106 valence electrons. The van der Waals surface area contributed by atoms with Crippen molar-refractivity contribution in [3.63, 3.8) is 0 Å². The molecule has 1 N–H and O–H groups in total. The summed E-state index contributed by atoms with van der Waals surface area (Å²) < 4.78 is 1.40. The summed E-state index contributed by atoms with van der Waals surface area (Å²) in [5.74, 6) is 0.931. The number of anilines is 1. The first-order chi connectivity index (χ1) is 9.85. The topological polar surface area (TPSA) is 15.3 Å². The van der Waals surface area contributed by atoms with Crippen LogP contribution < -0.4 is 10.2 Å². The van der Waals surface area contributed by atoms with E-state index in [1.165, 1.54) is 41.6 Å². The van der Waals surface area contributed by atoms with E-state index in [2.05, 4.69) is 46.8 Å². The molecule has 20 heavy (non-hydrogen) atoms. The van der Waals surface area contributed by atoms with E-state index in [-0.39, 0.29) is 0 Å². The highest BCUT2D eigenvalue weighted by atomic mass is 32.1. The molecular weight excluding hydrogens is 264 g/mol. The van der Waals surface area contributed by atoms with Gasteiger partial charge in [-0.2, -0.15) is 0 Å². The molecule has 1 aliphatic heterocycles. The molecule has 0 bridgehead atoms. The molecule has 2 atom stereocenters. The number of nitrogens with zero attached hydrogens (tertiary/aromatic N) is 1. The van der Waals surface area contributed by atoms with E-state index in [0.717, 1.165) is 12.5 Å². The van der Waals surface area contributed by atoms with Gasteiger partial charge in [-0.3, -0.25) is 0 Å². The Kier molecular flexibility index (Phi) is 3.20. The largest absolute Gasteiger partial charge is 0.366 e. The predicted octanol–water partition coefficient (Wildman–Crippen LogP) is 3.87. The lowest BCUT2D eigenvalue weighted by atomic mass is 10.0. The van der Waals surface area contributed by atoms with E-state index in [0.29, 0.717) is 12.1 Å². The summed E-state index contributed by atoms with van der Waals surface area (Å²) in [6, 6.07) is 10.6. The Labute approximate surface area is 124 Å². The lowest BCUT2D eigenvalue weighted by molar-refractivity contribution is 0.360. The van der Waals surface area contributed by atoms with Gasteiger partial charge in [0, 0.05) is 35.6 Å². The molecule has 2 fully saturated rings. The third-order valence-corrected chi connectivity index (χ3v) is 5.78. The molecule has 1 aromatic carbocycles. The fraction of sp³-hybridized carbons (Fsp3) is 0.529. The molecule has 0 spiro atoms. The van der Waals surface area contributed by atoms with E-state index in [1.807, 2.05) is 11.3 Å². The highest BCUT2D eigenvalue weighted by molar-refractivity contribution is 7.17. The normalized spacial score (nSPS) is 27.1. The number of hydrogen-bond acceptors (Lipinski definition) is 3. The number of fused-ring (bicyclic) bond motifs is 1. The summed E-state index contributed by atoms with van der Waals surface area (Å²) in [5, 5.41) is 7.36. The van der Waals surface area contributed by atoms with Crippen LogP contribution in [0.5, 0.6) is 0 Å². The predicted molar refractivity (Wildman–Crippen MR) is 87.8 cm³/mol. The first-order valence-electron chi connectivity index (χ1n) is 7.82. The van der Waals surface area contributed by atoms with Crippen LogP contribution in [0.2, 0.25) is 0 Å². The minimum atomic E-state index is 0.640. The minimum Gasteiger partial charge on any atom is -0.366 e. The van der Waals surface area contributed by atoms with Crippen LogP contribution in [-0.4, -0.2) is 25.2 Å². The van der Waals surface area contributed by atoms with Gasteiger partial charge >= 0.3 is 0 Å². The molecule has 2 aliphatic rings. The smallest absolute Gasteiger partial charge is 0.0412 e. The van der Waals surface area contributed by atoms with Crippen LogP contribution in [0.1, 0.15) is 26.2 Å². The Morgan fingerprint density at radius 1 is 1.30 bits per heavy atom. The monoisotopic (exact) mass is 286 g/mol. The zero-order chi connectivity index (χ0) is 13.5. The van der Waals surface area contributed by atoms with Crippen molar-refractivity contribution in [1.29, 1.82) is 0 Å². The Morgan fingerprint density at radius 2 is 2.20 bits per heavy atom. The summed E-state index contributed by atoms with van der Waals surface area (Å²) in [5.41, 5.74) is 1.41. The van der Waals surface area contributed by atoms with Gasteiger partial charge in [-0.15, -0.1) is 11.3 Å². The molecular formula is C17H22N2S. The molecule has 0 radical (unpaired) electrons. The van der Waals surface area contributed by atoms with Crippen molar-refractivity contribution in [2.75, 3.05) is 18.0 Å². The van der Waals surface area contributed by atoms with Crippen molar-refractivity contribution in [2.45, 2.75) is 38.3 Å². The molecule has 1 saturated heterocycles. The first-order valence-corrected chi connectivity index (χ1v) is 8.70. The SMILES string of the molecule is CCC1CNC(C2CC2)CN1c1ccc2sccc2c1. The fourth-order valence-corrected chi connectivity index (χ4v) is 4.22. The molecule has 1 aliphatic carbocycles. The number of thiophene rings is 1. The Hall–Kier alpha value is -1.06. The highest BCUT2D eigenvalue weighted by Crippen LogP contribution is 2.36. The number of hydrogen-bond donors (Lipinski definition) is 1.